The predicted octanol–water partition coefficient (Wildman–Crippen LogP) is 4.01. The molecule has 112 valence electrons. The molecular formula is C16H15ClN4S. The highest BCUT2D eigenvalue weighted by Crippen LogP contribution is 2.28. The zero-order valence-corrected chi connectivity index (χ0v) is 13.6. The molecule has 22 heavy (non-hydrogen) atoms. The Morgan fingerprint density at radius 2 is 1.82 bits per heavy atom. The first-order chi connectivity index (χ1) is 10.6. The molecule has 2 N–H and O–H groups in total. The molecule has 0 bridgehead atoms. The summed E-state index contributed by atoms with van der Waals surface area (Å²) in [4.78, 5) is 0. The van der Waals surface area contributed by atoms with Gasteiger partial charge in [-0.3, -0.25) is 0 Å². The first-order valence-corrected chi connectivity index (χ1v) is 8.13. The number of hydrogen-bond acceptors (Lipinski definition) is 4. The van der Waals surface area contributed by atoms with E-state index in [1.165, 1.54) is 5.56 Å². The molecule has 4 nitrogen and oxygen atoms in total. The Bertz CT molecular complexity index is 783. The smallest absolute Gasteiger partial charge is 0.191 e. The Morgan fingerprint density at radius 3 is 2.55 bits per heavy atom. The minimum atomic E-state index is 0.701. The number of anilines is 1. The number of nitrogens with zero attached hydrogens (tertiary/aromatic N) is 3. The Morgan fingerprint density at radius 1 is 1.09 bits per heavy atom. The van der Waals surface area contributed by atoms with E-state index in [0.29, 0.717) is 5.69 Å². The standard InChI is InChI=1S/C16H15ClN4S/c1-21-15(13-4-2-3-5-14(13)18)19-20-16(21)22-10-11-6-8-12(17)9-7-11/h2-9H,10,18H2,1H3. The average Bonchev–Trinajstić information content (AvgIpc) is 2.88. The molecule has 0 radical (unpaired) electrons. The molecular weight excluding hydrogens is 316 g/mol. The lowest BCUT2D eigenvalue weighted by atomic mass is 10.2. The van der Waals surface area contributed by atoms with E-state index in [1.54, 1.807) is 11.8 Å². The van der Waals surface area contributed by atoms with Gasteiger partial charge in [-0.25, -0.2) is 0 Å². The van der Waals surface area contributed by atoms with Gasteiger partial charge in [-0.15, -0.1) is 10.2 Å². The third-order valence-corrected chi connectivity index (χ3v) is 4.66. The second-order valence-electron chi connectivity index (χ2n) is 4.87. The Kier molecular flexibility index (Phi) is 4.36. The van der Waals surface area contributed by atoms with Crippen molar-refractivity contribution >= 4 is 29.1 Å². The monoisotopic (exact) mass is 330 g/mol. The van der Waals surface area contributed by atoms with E-state index < -0.39 is 0 Å². The summed E-state index contributed by atoms with van der Waals surface area (Å²) in [5.41, 5.74) is 8.80. The maximum absolute atomic E-state index is 6.01. The van der Waals surface area contributed by atoms with Crippen molar-refractivity contribution in [2.45, 2.75) is 10.9 Å². The van der Waals surface area contributed by atoms with Crippen LogP contribution >= 0.6 is 23.4 Å². The van der Waals surface area contributed by atoms with Gasteiger partial charge in [0, 0.05) is 29.1 Å². The van der Waals surface area contributed by atoms with Crippen molar-refractivity contribution < 1.29 is 0 Å². The zero-order chi connectivity index (χ0) is 15.5. The van der Waals surface area contributed by atoms with Crippen LogP contribution in [0.4, 0.5) is 5.69 Å². The molecule has 0 aliphatic carbocycles. The van der Waals surface area contributed by atoms with Crippen molar-refractivity contribution in [1.29, 1.82) is 0 Å². The van der Waals surface area contributed by atoms with Gasteiger partial charge in [0.2, 0.25) is 0 Å². The number of nitrogens with two attached hydrogens (primary N) is 1. The average molecular weight is 331 g/mol. The first kappa shape index (κ1) is 14.9. The van der Waals surface area contributed by atoms with Crippen LogP contribution in [0.1, 0.15) is 5.56 Å². The summed E-state index contributed by atoms with van der Waals surface area (Å²) in [7, 11) is 1.95. The van der Waals surface area contributed by atoms with Crippen molar-refractivity contribution in [3.63, 3.8) is 0 Å². The molecule has 1 heterocycles. The molecule has 3 rings (SSSR count). The van der Waals surface area contributed by atoms with Crippen LogP contribution in [0.25, 0.3) is 11.4 Å². The third kappa shape index (κ3) is 3.10. The predicted molar refractivity (Wildman–Crippen MR) is 91.9 cm³/mol. The number of rotatable bonds is 4. The van der Waals surface area contributed by atoms with Gasteiger partial charge in [-0.1, -0.05) is 47.6 Å². The van der Waals surface area contributed by atoms with E-state index in [0.717, 1.165) is 27.3 Å². The highest BCUT2D eigenvalue weighted by Gasteiger charge is 2.13. The van der Waals surface area contributed by atoms with Crippen LogP contribution in [0.5, 0.6) is 0 Å². The first-order valence-electron chi connectivity index (χ1n) is 6.76. The van der Waals surface area contributed by atoms with Crippen LogP contribution in [0.2, 0.25) is 5.02 Å². The maximum Gasteiger partial charge on any atom is 0.191 e. The second-order valence-corrected chi connectivity index (χ2v) is 6.25. The summed E-state index contributed by atoms with van der Waals surface area (Å²) in [5, 5.41) is 10.1. The van der Waals surface area contributed by atoms with Crippen molar-refractivity contribution in [3.8, 4) is 11.4 Å². The van der Waals surface area contributed by atoms with E-state index in [2.05, 4.69) is 10.2 Å². The number of benzene rings is 2. The van der Waals surface area contributed by atoms with E-state index in [-0.39, 0.29) is 0 Å². The Hall–Kier alpha value is -1.98. The van der Waals surface area contributed by atoms with Gasteiger partial charge in [-0.05, 0) is 29.8 Å². The topological polar surface area (TPSA) is 56.7 Å². The molecule has 0 saturated carbocycles. The quantitative estimate of drug-likeness (QED) is 0.580. The second kappa shape index (κ2) is 6.42. The summed E-state index contributed by atoms with van der Waals surface area (Å²) >= 11 is 7.53. The molecule has 0 amide bonds. The van der Waals surface area contributed by atoms with E-state index in [9.17, 15) is 0 Å². The van der Waals surface area contributed by atoms with Crippen molar-refractivity contribution in [2.24, 2.45) is 7.05 Å². The number of nitrogen functional groups attached to an aromatic ring is 1. The normalized spacial score (nSPS) is 10.8. The molecule has 1 aromatic heterocycles. The number of hydrogen-bond donors (Lipinski definition) is 1. The van der Waals surface area contributed by atoms with Gasteiger partial charge >= 0.3 is 0 Å². The number of thioether (sulfide) groups is 1. The molecule has 0 aliphatic rings. The molecule has 0 atom stereocenters. The molecule has 0 unspecified atom stereocenters. The number of aromatic nitrogens is 3. The summed E-state index contributed by atoms with van der Waals surface area (Å²) in [6.45, 7) is 0. The van der Waals surface area contributed by atoms with Crippen LogP contribution in [0, 0.1) is 0 Å². The van der Waals surface area contributed by atoms with Crippen molar-refractivity contribution in [1.82, 2.24) is 14.8 Å². The lowest BCUT2D eigenvalue weighted by Gasteiger charge is -2.06. The van der Waals surface area contributed by atoms with Gasteiger partial charge in [-0.2, -0.15) is 0 Å². The SMILES string of the molecule is Cn1c(SCc2ccc(Cl)cc2)nnc1-c1ccccc1N. The van der Waals surface area contributed by atoms with Crippen LogP contribution in [-0.2, 0) is 12.8 Å². The molecule has 0 spiro atoms. The van der Waals surface area contributed by atoms with Gasteiger partial charge in [0.05, 0.1) is 0 Å². The molecule has 0 saturated heterocycles. The molecule has 0 aliphatic heterocycles. The minimum absolute atomic E-state index is 0.701. The molecule has 0 fully saturated rings. The van der Waals surface area contributed by atoms with Crippen LogP contribution in [0.15, 0.2) is 53.7 Å². The lowest BCUT2D eigenvalue weighted by Crippen LogP contribution is -1.98. The minimum Gasteiger partial charge on any atom is -0.398 e. The van der Waals surface area contributed by atoms with Crippen molar-refractivity contribution in [2.75, 3.05) is 5.73 Å². The molecule has 6 heteroatoms. The molecule has 2 aromatic carbocycles. The highest BCUT2D eigenvalue weighted by molar-refractivity contribution is 7.98. The van der Waals surface area contributed by atoms with E-state index in [1.807, 2.05) is 60.1 Å². The largest absolute Gasteiger partial charge is 0.398 e. The third-order valence-electron chi connectivity index (χ3n) is 3.32. The Labute approximate surface area is 138 Å². The van der Waals surface area contributed by atoms with E-state index in [4.69, 9.17) is 17.3 Å². The fourth-order valence-corrected chi connectivity index (χ4v) is 3.10. The fourth-order valence-electron chi connectivity index (χ4n) is 2.10. The summed E-state index contributed by atoms with van der Waals surface area (Å²) in [5.74, 6) is 1.59. The van der Waals surface area contributed by atoms with Gasteiger partial charge in [0.25, 0.3) is 0 Å². The van der Waals surface area contributed by atoms with Gasteiger partial charge in [0.1, 0.15) is 0 Å². The summed E-state index contributed by atoms with van der Waals surface area (Å²) in [6, 6.07) is 15.5. The van der Waals surface area contributed by atoms with Crippen LogP contribution in [0.3, 0.4) is 0 Å². The summed E-state index contributed by atoms with van der Waals surface area (Å²) < 4.78 is 1.96. The summed E-state index contributed by atoms with van der Waals surface area (Å²) in [6.07, 6.45) is 0. The number of para-hydroxylation sites is 1. The van der Waals surface area contributed by atoms with Gasteiger partial charge < -0.3 is 10.3 Å². The maximum atomic E-state index is 6.01. The van der Waals surface area contributed by atoms with E-state index >= 15 is 0 Å². The highest BCUT2D eigenvalue weighted by atomic mass is 35.5. The zero-order valence-electron chi connectivity index (χ0n) is 12.0. The Balaban J connectivity index is 1.79. The van der Waals surface area contributed by atoms with Crippen LogP contribution < -0.4 is 5.73 Å². The molecule has 3 aromatic rings. The van der Waals surface area contributed by atoms with Gasteiger partial charge in [0.15, 0.2) is 11.0 Å². The van der Waals surface area contributed by atoms with Crippen molar-refractivity contribution in [3.05, 3.63) is 59.1 Å². The van der Waals surface area contributed by atoms with Crippen LogP contribution in [-0.4, -0.2) is 14.8 Å². The fraction of sp³-hybridized carbons (Fsp3) is 0.125. The number of halogens is 1. The lowest BCUT2D eigenvalue weighted by molar-refractivity contribution is 0.794.